The van der Waals surface area contributed by atoms with Crippen molar-refractivity contribution in [2.75, 3.05) is 4.90 Å². The highest BCUT2D eigenvalue weighted by Gasteiger charge is 2.42. The van der Waals surface area contributed by atoms with Crippen molar-refractivity contribution in [3.05, 3.63) is 112 Å². The molecule has 9 heteroatoms. The molecule has 35 heavy (non-hydrogen) atoms. The molecule has 0 saturated carbocycles. The minimum atomic E-state index is -4.43. The maximum Gasteiger partial charge on any atom is 0.416 e. The molecule has 2 unspecified atom stereocenters. The molecular formula is C26H20BrF3N4S. The summed E-state index contributed by atoms with van der Waals surface area (Å²) in [5.74, 6) is 0. The molecular weight excluding hydrogens is 537 g/mol. The maximum absolute atomic E-state index is 13.4. The second-order valence-electron chi connectivity index (χ2n) is 8.28. The molecule has 1 fully saturated rings. The number of aryl methyl sites for hydroxylation is 1. The van der Waals surface area contributed by atoms with Gasteiger partial charge in [-0.05, 0) is 85.4 Å². The summed E-state index contributed by atoms with van der Waals surface area (Å²) >= 11 is 9.32. The summed E-state index contributed by atoms with van der Waals surface area (Å²) in [5.41, 5.74) is 3.21. The average molecular weight is 557 g/mol. The first-order valence-electron chi connectivity index (χ1n) is 10.9. The fourth-order valence-electron chi connectivity index (χ4n) is 4.41. The van der Waals surface area contributed by atoms with Crippen LogP contribution in [0.3, 0.4) is 0 Å². The minimum Gasteiger partial charge on any atom is -0.351 e. The molecule has 2 aromatic carbocycles. The molecule has 5 rings (SSSR count). The molecule has 2 aromatic heterocycles. The number of alkyl halides is 3. The fourth-order valence-corrected chi connectivity index (χ4v) is 5.01. The summed E-state index contributed by atoms with van der Waals surface area (Å²) in [5, 5.41) is 3.91. The second-order valence-corrected chi connectivity index (χ2v) is 9.52. The van der Waals surface area contributed by atoms with Crippen LogP contribution in [0.15, 0.2) is 89.7 Å². The lowest BCUT2D eigenvalue weighted by molar-refractivity contribution is -0.137. The van der Waals surface area contributed by atoms with Crippen molar-refractivity contribution in [3.8, 4) is 5.69 Å². The van der Waals surface area contributed by atoms with Crippen LogP contribution in [0.1, 0.15) is 34.6 Å². The molecule has 1 aliphatic rings. The third-order valence-electron chi connectivity index (χ3n) is 6.05. The lowest BCUT2D eigenvalue weighted by atomic mass is 10.0. The topological polar surface area (TPSA) is 33.1 Å². The van der Waals surface area contributed by atoms with Crippen LogP contribution in [0.25, 0.3) is 5.69 Å². The first-order chi connectivity index (χ1) is 16.7. The molecule has 4 aromatic rings. The van der Waals surface area contributed by atoms with Crippen LogP contribution in [0, 0.1) is 6.92 Å². The summed E-state index contributed by atoms with van der Waals surface area (Å²) in [4.78, 5) is 6.56. The van der Waals surface area contributed by atoms with Gasteiger partial charge in [0.25, 0.3) is 0 Å². The Morgan fingerprint density at radius 3 is 2.51 bits per heavy atom. The Labute approximate surface area is 214 Å². The van der Waals surface area contributed by atoms with Crippen molar-refractivity contribution in [1.29, 1.82) is 0 Å². The number of pyridine rings is 1. The molecule has 3 heterocycles. The van der Waals surface area contributed by atoms with E-state index in [-0.39, 0.29) is 12.1 Å². The number of thiocarbonyl (C=S) groups is 1. The zero-order chi connectivity index (χ0) is 24.7. The molecule has 0 spiro atoms. The van der Waals surface area contributed by atoms with Crippen molar-refractivity contribution < 1.29 is 13.2 Å². The van der Waals surface area contributed by atoms with Gasteiger partial charge in [-0.1, -0.05) is 28.1 Å². The highest BCUT2D eigenvalue weighted by Crippen LogP contribution is 2.43. The van der Waals surface area contributed by atoms with E-state index in [1.54, 1.807) is 23.0 Å². The number of benzene rings is 2. The third kappa shape index (κ3) is 4.46. The van der Waals surface area contributed by atoms with Crippen molar-refractivity contribution in [2.45, 2.75) is 25.2 Å². The van der Waals surface area contributed by atoms with E-state index in [1.165, 1.54) is 6.07 Å². The van der Waals surface area contributed by atoms with Crippen molar-refractivity contribution in [2.24, 2.45) is 0 Å². The van der Waals surface area contributed by atoms with Crippen LogP contribution in [0.4, 0.5) is 18.9 Å². The quantitative estimate of drug-likeness (QED) is 0.271. The Morgan fingerprint density at radius 2 is 1.80 bits per heavy atom. The van der Waals surface area contributed by atoms with Gasteiger partial charge < -0.3 is 14.8 Å². The standard InChI is InChI=1S/C26H20BrF3N4S/c1-16-14-19(10-11-20(16)27)34-24(23(32-25(34)35)21-8-2-3-12-31-21)22-9-5-13-33(22)18-7-4-6-17(15-18)26(28,29)30/h2-15,23-24H,1H3,(H,32,35). The van der Waals surface area contributed by atoms with E-state index >= 15 is 0 Å². The Morgan fingerprint density at radius 1 is 0.971 bits per heavy atom. The van der Waals surface area contributed by atoms with Gasteiger partial charge in [-0.2, -0.15) is 13.2 Å². The third-order valence-corrected chi connectivity index (χ3v) is 7.26. The Balaban J connectivity index is 1.67. The molecule has 1 saturated heterocycles. The maximum atomic E-state index is 13.4. The van der Waals surface area contributed by atoms with Crippen LogP contribution in [0.5, 0.6) is 0 Å². The summed E-state index contributed by atoms with van der Waals surface area (Å²) < 4.78 is 43.1. The minimum absolute atomic E-state index is 0.313. The van der Waals surface area contributed by atoms with Gasteiger partial charge in [0, 0.05) is 33.9 Å². The molecule has 0 radical (unpaired) electrons. The van der Waals surface area contributed by atoms with Gasteiger partial charge >= 0.3 is 6.18 Å². The molecule has 2 atom stereocenters. The number of anilines is 1. The fraction of sp³-hybridized carbons (Fsp3) is 0.154. The lowest BCUT2D eigenvalue weighted by Gasteiger charge is -2.29. The van der Waals surface area contributed by atoms with E-state index in [0.717, 1.165) is 39.2 Å². The van der Waals surface area contributed by atoms with Gasteiger partial charge in [0.15, 0.2) is 5.11 Å². The number of nitrogens with zero attached hydrogens (tertiary/aromatic N) is 3. The largest absolute Gasteiger partial charge is 0.416 e. The summed E-state index contributed by atoms with van der Waals surface area (Å²) in [6.45, 7) is 2.00. The number of aromatic nitrogens is 2. The Bertz CT molecular complexity index is 1390. The zero-order valence-corrected chi connectivity index (χ0v) is 20.9. The lowest BCUT2D eigenvalue weighted by Crippen LogP contribution is -2.30. The van der Waals surface area contributed by atoms with Crippen molar-refractivity contribution in [1.82, 2.24) is 14.9 Å². The van der Waals surface area contributed by atoms with Gasteiger partial charge in [0.2, 0.25) is 0 Å². The van der Waals surface area contributed by atoms with Crippen LogP contribution < -0.4 is 10.2 Å². The second kappa shape index (κ2) is 9.13. The van der Waals surface area contributed by atoms with Gasteiger partial charge in [-0.25, -0.2) is 0 Å². The van der Waals surface area contributed by atoms with Gasteiger partial charge in [-0.15, -0.1) is 0 Å². The zero-order valence-electron chi connectivity index (χ0n) is 18.5. The van der Waals surface area contributed by atoms with Crippen LogP contribution in [-0.2, 0) is 6.18 Å². The van der Waals surface area contributed by atoms with Crippen LogP contribution >= 0.6 is 28.1 Å². The number of hydrogen-bond acceptors (Lipinski definition) is 2. The van der Waals surface area contributed by atoms with E-state index in [1.807, 2.05) is 60.4 Å². The van der Waals surface area contributed by atoms with Crippen LogP contribution in [-0.4, -0.2) is 14.7 Å². The number of halogens is 4. The number of rotatable bonds is 4. The molecule has 0 bridgehead atoms. The SMILES string of the molecule is Cc1cc(N2C(=S)NC(c3ccccn3)C2c2cccn2-c2cccc(C(F)(F)F)c2)ccc1Br. The number of nitrogens with one attached hydrogen (secondary N) is 1. The average Bonchev–Trinajstić information content (AvgIpc) is 3.45. The highest BCUT2D eigenvalue weighted by molar-refractivity contribution is 9.10. The van der Waals surface area contributed by atoms with Crippen molar-refractivity contribution in [3.63, 3.8) is 0 Å². The van der Waals surface area contributed by atoms with E-state index in [4.69, 9.17) is 12.2 Å². The molecule has 1 aliphatic heterocycles. The monoisotopic (exact) mass is 556 g/mol. The Kier molecular flexibility index (Phi) is 6.14. The molecule has 0 aliphatic carbocycles. The van der Waals surface area contributed by atoms with Crippen molar-refractivity contribution >= 4 is 38.9 Å². The summed E-state index contributed by atoms with van der Waals surface area (Å²) in [6, 6.07) is 20.0. The first kappa shape index (κ1) is 23.6. The van der Waals surface area contributed by atoms with Gasteiger partial charge in [0.05, 0.1) is 17.3 Å². The van der Waals surface area contributed by atoms with E-state index in [0.29, 0.717) is 10.8 Å². The first-order valence-corrected chi connectivity index (χ1v) is 12.1. The highest BCUT2D eigenvalue weighted by atomic mass is 79.9. The molecule has 4 nitrogen and oxygen atoms in total. The van der Waals surface area contributed by atoms with E-state index in [9.17, 15) is 13.2 Å². The van der Waals surface area contributed by atoms with Gasteiger partial charge in [-0.3, -0.25) is 4.98 Å². The number of hydrogen-bond donors (Lipinski definition) is 1. The normalized spacial score (nSPS) is 18.1. The predicted molar refractivity (Wildman–Crippen MR) is 138 cm³/mol. The smallest absolute Gasteiger partial charge is 0.351 e. The molecule has 178 valence electrons. The van der Waals surface area contributed by atoms with Gasteiger partial charge in [0.1, 0.15) is 6.04 Å². The van der Waals surface area contributed by atoms with Crippen LogP contribution in [0.2, 0.25) is 0 Å². The summed E-state index contributed by atoms with van der Waals surface area (Å²) in [7, 11) is 0. The van der Waals surface area contributed by atoms with E-state index < -0.39 is 11.7 Å². The predicted octanol–water partition coefficient (Wildman–Crippen LogP) is 7.14. The van der Waals surface area contributed by atoms with E-state index in [2.05, 4.69) is 26.2 Å². The summed E-state index contributed by atoms with van der Waals surface area (Å²) in [6.07, 6.45) is -0.945. The Hall–Kier alpha value is -3.17. The molecule has 1 N–H and O–H groups in total. The molecule has 0 amide bonds.